The molecule has 0 unspecified atom stereocenters. The largest absolute Gasteiger partial charge is 0.496 e. The van der Waals surface area contributed by atoms with Gasteiger partial charge in [0, 0.05) is 92.7 Å². The van der Waals surface area contributed by atoms with Crippen molar-refractivity contribution >= 4 is 40.0 Å². The molecule has 4 fully saturated rings. The van der Waals surface area contributed by atoms with Gasteiger partial charge in [0.25, 0.3) is 17.4 Å². The minimum atomic E-state index is -0.511. The Morgan fingerprint density at radius 3 is 2.25 bits per heavy atom. The van der Waals surface area contributed by atoms with Crippen LogP contribution in [0.25, 0.3) is 21.9 Å². The third kappa shape index (κ3) is 7.22. The van der Waals surface area contributed by atoms with E-state index in [1.54, 1.807) is 38.1 Å². The molecule has 1 N–H and O–H groups in total. The van der Waals surface area contributed by atoms with Crippen molar-refractivity contribution in [1.29, 1.82) is 0 Å². The SMILES string of the molecule is COc1cc(-c2cn(C)c(=O)c3cnc(N4CCC4)cc23)cc(OC)c1CN1CCC(CN2CCC3(CC2)CN(c2ccc4c(c2)C(=O)N(C2=CCC(=O)NC2=O)C4)C3)CC1. The Kier molecular flexibility index (Phi) is 10.1. The van der Waals surface area contributed by atoms with E-state index < -0.39 is 5.91 Å². The standard InChI is InChI=1S/C47H54N8O6/c1-50-26-37(35-22-42(53-13-4-14-53)48-23-36(35)45(50)58)32-19-40(60-2)38(41(20-32)61-3)27-51-15-9-30(10-16-51)24-52-17-11-47(12-18-52)28-54(29-47)33-6-5-31-25-55(46(59)34(31)21-33)39-7-8-43(56)49-44(39)57/h5-7,19-23,26,30H,4,8-18,24-25,27-29H2,1-3H3,(H,49,56,57). The Bertz CT molecular complexity index is 2500. The predicted molar refractivity (Wildman–Crippen MR) is 233 cm³/mol. The molecule has 6 aliphatic heterocycles. The van der Waals surface area contributed by atoms with Crippen molar-refractivity contribution in [3.63, 3.8) is 0 Å². The quantitative estimate of drug-likeness (QED) is 0.227. The van der Waals surface area contributed by atoms with Crippen molar-refractivity contribution in [2.45, 2.75) is 51.6 Å². The van der Waals surface area contributed by atoms with Crippen molar-refractivity contribution in [3.05, 3.63) is 87.6 Å². The van der Waals surface area contributed by atoms with E-state index in [-0.39, 0.29) is 29.5 Å². The van der Waals surface area contributed by atoms with E-state index in [9.17, 15) is 19.2 Å². The van der Waals surface area contributed by atoms with Gasteiger partial charge in [-0.15, -0.1) is 0 Å². The first-order valence-corrected chi connectivity index (χ1v) is 21.8. The summed E-state index contributed by atoms with van der Waals surface area (Å²) >= 11 is 0. The summed E-state index contributed by atoms with van der Waals surface area (Å²) < 4.78 is 13.7. The number of pyridine rings is 2. The summed E-state index contributed by atoms with van der Waals surface area (Å²) in [6.07, 6.45) is 11.1. The van der Waals surface area contributed by atoms with Crippen molar-refractivity contribution in [2.24, 2.45) is 18.4 Å². The molecule has 2 aromatic heterocycles. The number of ether oxygens (including phenoxy) is 2. The monoisotopic (exact) mass is 826 g/mol. The molecule has 0 aliphatic carbocycles. The van der Waals surface area contributed by atoms with Gasteiger partial charge in [-0.05, 0) is 112 Å². The zero-order valence-electron chi connectivity index (χ0n) is 35.4. The first kappa shape index (κ1) is 39.4. The lowest BCUT2D eigenvalue weighted by atomic mass is 9.71. The van der Waals surface area contributed by atoms with Crippen LogP contribution in [0.1, 0.15) is 60.0 Å². The number of rotatable bonds is 10. The summed E-state index contributed by atoms with van der Waals surface area (Å²) in [5, 5.41) is 3.80. The Balaban J connectivity index is 0.730. The van der Waals surface area contributed by atoms with Gasteiger partial charge >= 0.3 is 0 Å². The number of imide groups is 1. The van der Waals surface area contributed by atoms with Crippen LogP contribution in [0.5, 0.6) is 11.5 Å². The van der Waals surface area contributed by atoms with Crippen molar-refractivity contribution < 1.29 is 23.9 Å². The van der Waals surface area contributed by atoms with Crippen LogP contribution in [0.2, 0.25) is 0 Å². The van der Waals surface area contributed by atoms with Crippen LogP contribution in [0.4, 0.5) is 11.5 Å². The molecular weight excluding hydrogens is 773 g/mol. The number of carbonyl (C=O) groups is 3. The number of hydrogen-bond acceptors (Lipinski definition) is 11. The summed E-state index contributed by atoms with van der Waals surface area (Å²) in [6, 6.07) is 12.3. The van der Waals surface area contributed by atoms with E-state index in [0.29, 0.717) is 28.8 Å². The second-order valence-electron chi connectivity index (χ2n) is 18.0. The molecule has 61 heavy (non-hydrogen) atoms. The molecule has 10 rings (SSSR count). The molecule has 0 atom stereocenters. The Morgan fingerprint density at radius 2 is 1.57 bits per heavy atom. The Labute approximate surface area is 355 Å². The second kappa shape index (κ2) is 15.6. The number of carbonyl (C=O) groups excluding carboxylic acids is 3. The topological polar surface area (TPSA) is 133 Å². The van der Waals surface area contributed by atoms with Crippen molar-refractivity contribution in [1.82, 2.24) is 29.6 Å². The smallest absolute Gasteiger partial charge is 0.274 e. The molecule has 14 nitrogen and oxygen atoms in total. The molecule has 8 heterocycles. The molecular formula is C47H54N8O6. The number of likely N-dealkylation sites (tertiary alicyclic amines) is 2. The minimum absolute atomic E-state index is 0.0650. The number of amides is 3. The van der Waals surface area contributed by atoms with E-state index in [0.717, 1.165) is 135 Å². The molecule has 0 radical (unpaired) electrons. The number of benzene rings is 2. The van der Waals surface area contributed by atoms with Gasteiger partial charge in [0.1, 0.15) is 23.0 Å². The number of fused-ring (bicyclic) bond motifs is 2. The normalized spacial score (nSPS) is 20.7. The maximum absolute atomic E-state index is 13.4. The first-order chi connectivity index (χ1) is 29.6. The number of aromatic nitrogens is 2. The average Bonchev–Trinajstić information content (AvgIpc) is 3.56. The van der Waals surface area contributed by atoms with Gasteiger partial charge in [-0.25, -0.2) is 4.98 Å². The van der Waals surface area contributed by atoms with Gasteiger partial charge in [-0.2, -0.15) is 0 Å². The summed E-state index contributed by atoms with van der Waals surface area (Å²) in [7, 11) is 5.22. The summed E-state index contributed by atoms with van der Waals surface area (Å²) in [5.41, 5.74) is 6.04. The lowest BCUT2D eigenvalue weighted by Crippen LogP contribution is -2.60. The highest BCUT2D eigenvalue weighted by Crippen LogP contribution is 2.44. The molecule has 14 heteroatoms. The molecule has 3 amide bonds. The van der Waals surface area contributed by atoms with Gasteiger partial charge in [0.15, 0.2) is 0 Å². The van der Waals surface area contributed by atoms with Crippen LogP contribution in [0.3, 0.4) is 0 Å². The number of nitrogens with one attached hydrogen (secondary N) is 1. The van der Waals surface area contributed by atoms with Gasteiger partial charge in [0.2, 0.25) is 5.91 Å². The van der Waals surface area contributed by atoms with Gasteiger partial charge in [-0.3, -0.25) is 34.3 Å². The molecule has 1 spiro atoms. The van der Waals surface area contributed by atoms with Crippen LogP contribution in [0, 0.1) is 11.3 Å². The fraction of sp³-hybridized carbons (Fsp3) is 0.468. The zero-order chi connectivity index (χ0) is 42.0. The minimum Gasteiger partial charge on any atom is -0.496 e. The Hall–Kier alpha value is -5.73. The van der Waals surface area contributed by atoms with Crippen molar-refractivity contribution in [2.75, 3.05) is 82.9 Å². The van der Waals surface area contributed by atoms with Gasteiger partial charge < -0.3 is 28.7 Å². The van der Waals surface area contributed by atoms with Crippen LogP contribution < -0.4 is 30.1 Å². The fourth-order valence-electron chi connectivity index (χ4n) is 10.4. The maximum atomic E-state index is 13.4. The summed E-state index contributed by atoms with van der Waals surface area (Å²) in [4.78, 5) is 66.5. The predicted octanol–water partition coefficient (Wildman–Crippen LogP) is 4.53. The first-order valence-electron chi connectivity index (χ1n) is 21.8. The average molecular weight is 827 g/mol. The molecule has 4 aromatic rings. The number of methoxy groups -OCH3 is 2. The van der Waals surface area contributed by atoms with Crippen LogP contribution in [-0.2, 0) is 29.7 Å². The fourth-order valence-corrected chi connectivity index (χ4v) is 10.4. The highest BCUT2D eigenvalue weighted by atomic mass is 16.5. The number of anilines is 2. The van der Waals surface area contributed by atoms with Crippen LogP contribution in [0.15, 0.2) is 65.4 Å². The lowest BCUT2D eigenvalue weighted by Gasteiger charge is -2.55. The maximum Gasteiger partial charge on any atom is 0.274 e. The number of piperidine rings is 2. The molecule has 0 saturated carbocycles. The third-order valence-electron chi connectivity index (χ3n) is 14.2. The Morgan fingerprint density at radius 1 is 0.836 bits per heavy atom. The van der Waals surface area contributed by atoms with Crippen molar-refractivity contribution in [3.8, 4) is 22.6 Å². The van der Waals surface area contributed by atoms with E-state index in [1.807, 2.05) is 24.4 Å². The molecule has 6 aliphatic rings. The lowest BCUT2D eigenvalue weighted by molar-refractivity contribution is -0.129. The number of aryl methyl sites for hydroxylation is 1. The highest BCUT2D eigenvalue weighted by Gasteiger charge is 2.46. The van der Waals surface area contributed by atoms with E-state index in [1.165, 1.54) is 17.7 Å². The zero-order valence-corrected chi connectivity index (χ0v) is 35.4. The van der Waals surface area contributed by atoms with Crippen LogP contribution >= 0.6 is 0 Å². The molecule has 4 saturated heterocycles. The number of hydrogen-bond donors (Lipinski definition) is 1. The third-order valence-corrected chi connectivity index (χ3v) is 14.2. The van der Waals surface area contributed by atoms with E-state index in [2.05, 4.69) is 48.1 Å². The van der Waals surface area contributed by atoms with E-state index >= 15 is 0 Å². The summed E-state index contributed by atoms with van der Waals surface area (Å²) in [6.45, 7) is 10.5. The van der Waals surface area contributed by atoms with Gasteiger partial charge in [-0.1, -0.05) is 6.07 Å². The van der Waals surface area contributed by atoms with Crippen LogP contribution in [-0.4, -0.2) is 115 Å². The number of nitrogens with zero attached hydrogens (tertiary/aromatic N) is 7. The molecule has 318 valence electrons. The highest BCUT2D eigenvalue weighted by molar-refractivity contribution is 6.11. The molecule has 2 aromatic carbocycles. The molecule has 0 bridgehead atoms. The van der Waals surface area contributed by atoms with E-state index in [4.69, 9.17) is 9.47 Å². The second-order valence-corrected chi connectivity index (χ2v) is 18.0. The van der Waals surface area contributed by atoms with Gasteiger partial charge in [0.05, 0.1) is 31.7 Å². The summed E-state index contributed by atoms with van der Waals surface area (Å²) in [5.74, 6) is 2.10.